The Labute approximate surface area is 177 Å². The summed E-state index contributed by atoms with van der Waals surface area (Å²) in [6.07, 6.45) is -2.36. The molecule has 0 radical (unpaired) electrons. The van der Waals surface area contributed by atoms with Crippen molar-refractivity contribution in [2.45, 2.75) is 52.6 Å². The van der Waals surface area contributed by atoms with Gasteiger partial charge in [-0.2, -0.15) is 13.2 Å². The number of amides is 2. The number of ether oxygens (including phenoxy) is 1. The fourth-order valence-electron chi connectivity index (χ4n) is 3.23. The van der Waals surface area contributed by atoms with E-state index in [0.29, 0.717) is 28.7 Å². The van der Waals surface area contributed by atoms with Crippen molar-refractivity contribution in [1.29, 1.82) is 0 Å². The highest BCUT2D eigenvalue weighted by Crippen LogP contribution is 2.31. The second-order valence-corrected chi connectivity index (χ2v) is 8.10. The number of hydrogen-bond donors (Lipinski definition) is 0. The lowest BCUT2D eigenvalue weighted by Crippen LogP contribution is -2.39. The van der Waals surface area contributed by atoms with Crippen molar-refractivity contribution in [3.63, 3.8) is 0 Å². The van der Waals surface area contributed by atoms with Crippen molar-refractivity contribution in [3.05, 3.63) is 10.6 Å². The zero-order valence-corrected chi connectivity index (χ0v) is 18.1. The van der Waals surface area contributed by atoms with Gasteiger partial charge in [0.15, 0.2) is 5.13 Å². The van der Waals surface area contributed by atoms with Crippen molar-refractivity contribution in [2.75, 3.05) is 31.1 Å². The Balaban J connectivity index is 2.22. The number of aromatic nitrogens is 1. The lowest BCUT2D eigenvalue weighted by Gasteiger charge is -2.23. The zero-order chi connectivity index (χ0) is 22.5. The predicted octanol–water partition coefficient (Wildman–Crippen LogP) is 3.56. The monoisotopic (exact) mass is 449 g/mol. The molecule has 168 valence electrons. The second-order valence-electron chi connectivity index (χ2n) is 7.12. The average molecular weight is 449 g/mol. The minimum Gasteiger partial charge on any atom is -0.462 e. The van der Waals surface area contributed by atoms with Gasteiger partial charge in [0.1, 0.15) is 11.4 Å². The van der Waals surface area contributed by atoms with Crippen molar-refractivity contribution in [3.8, 4) is 0 Å². The van der Waals surface area contributed by atoms with Gasteiger partial charge >= 0.3 is 12.1 Å². The summed E-state index contributed by atoms with van der Waals surface area (Å²) in [7, 11) is 0. The van der Waals surface area contributed by atoms with Gasteiger partial charge in [-0.05, 0) is 20.3 Å². The third-order valence-corrected chi connectivity index (χ3v) is 5.82. The summed E-state index contributed by atoms with van der Waals surface area (Å²) in [5, 5.41) is 0.290. The van der Waals surface area contributed by atoms with Crippen LogP contribution < -0.4 is 4.90 Å². The summed E-state index contributed by atoms with van der Waals surface area (Å²) in [6, 6.07) is 0. The van der Waals surface area contributed by atoms with E-state index in [9.17, 15) is 27.6 Å². The Morgan fingerprint density at radius 2 is 2.00 bits per heavy atom. The number of unbranched alkanes of at least 4 members (excludes halogenated alkanes) is 2. The van der Waals surface area contributed by atoms with Crippen LogP contribution >= 0.6 is 11.3 Å². The third-order valence-electron chi connectivity index (χ3n) is 4.66. The number of likely N-dealkylation sites (tertiary alicyclic amines) is 1. The Morgan fingerprint density at radius 3 is 2.60 bits per heavy atom. The Kier molecular flexibility index (Phi) is 8.22. The van der Waals surface area contributed by atoms with E-state index >= 15 is 0 Å². The molecular weight excluding hydrogens is 423 g/mol. The Bertz CT molecular complexity index is 782. The highest BCUT2D eigenvalue weighted by Gasteiger charge is 2.42. The summed E-state index contributed by atoms with van der Waals surface area (Å²) in [5.41, 5.74) is 0.419. The third kappa shape index (κ3) is 6.16. The molecule has 7 nitrogen and oxygen atoms in total. The molecule has 0 saturated carbocycles. The van der Waals surface area contributed by atoms with Crippen LogP contribution in [-0.4, -0.2) is 60.1 Å². The Hall–Kier alpha value is -2.17. The standard InChI is InChI=1S/C19H26F3N3O4S/c1-4-6-7-8-25(18-23-12(3)15(30-18)17(28)29-5-2)16(27)13-9-14(26)24(10-13)11-19(20,21)22/h13H,4-11H2,1-3H3. The van der Waals surface area contributed by atoms with E-state index in [4.69, 9.17) is 4.74 Å². The molecule has 1 saturated heterocycles. The van der Waals surface area contributed by atoms with E-state index in [1.54, 1.807) is 13.8 Å². The molecule has 0 aromatic carbocycles. The van der Waals surface area contributed by atoms with Crippen molar-refractivity contribution in [2.24, 2.45) is 5.92 Å². The molecule has 1 aromatic rings. The molecule has 1 fully saturated rings. The van der Waals surface area contributed by atoms with E-state index in [1.807, 2.05) is 6.92 Å². The quantitative estimate of drug-likeness (QED) is 0.425. The van der Waals surface area contributed by atoms with E-state index in [1.165, 1.54) is 4.90 Å². The van der Waals surface area contributed by atoms with E-state index < -0.39 is 36.4 Å². The largest absolute Gasteiger partial charge is 0.462 e. The number of aryl methyl sites for hydroxylation is 1. The summed E-state index contributed by atoms with van der Waals surface area (Å²) in [6.45, 7) is 4.18. The van der Waals surface area contributed by atoms with E-state index in [0.717, 1.165) is 24.2 Å². The molecular formula is C19H26F3N3O4S. The molecule has 0 spiro atoms. The van der Waals surface area contributed by atoms with Crippen LogP contribution in [0.2, 0.25) is 0 Å². The van der Waals surface area contributed by atoms with E-state index in [2.05, 4.69) is 4.98 Å². The molecule has 1 unspecified atom stereocenters. The molecule has 2 rings (SSSR count). The van der Waals surface area contributed by atoms with Gasteiger partial charge < -0.3 is 9.64 Å². The molecule has 2 amide bonds. The maximum absolute atomic E-state index is 13.1. The highest BCUT2D eigenvalue weighted by atomic mass is 32.1. The summed E-state index contributed by atoms with van der Waals surface area (Å²) in [4.78, 5) is 43.9. The Morgan fingerprint density at radius 1 is 1.30 bits per heavy atom. The van der Waals surface area contributed by atoms with Crippen LogP contribution in [0.5, 0.6) is 0 Å². The number of anilines is 1. The lowest BCUT2D eigenvalue weighted by molar-refractivity contribution is -0.157. The normalized spacial score (nSPS) is 16.8. The van der Waals surface area contributed by atoms with Crippen LogP contribution in [0.4, 0.5) is 18.3 Å². The number of carbonyl (C=O) groups is 3. The molecule has 1 atom stereocenters. The van der Waals surface area contributed by atoms with Crippen LogP contribution in [0, 0.1) is 12.8 Å². The molecule has 0 N–H and O–H groups in total. The van der Waals surface area contributed by atoms with Gasteiger partial charge in [-0.25, -0.2) is 9.78 Å². The number of halogens is 3. The summed E-state index contributed by atoms with van der Waals surface area (Å²) in [5.74, 6) is -2.56. The first-order valence-electron chi connectivity index (χ1n) is 9.87. The van der Waals surface area contributed by atoms with Crippen LogP contribution in [0.15, 0.2) is 0 Å². The average Bonchev–Trinajstić information content (AvgIpc) is 3.20. The molecule has 0 bridgehead atoms. The number of hydrogen-bond acceptors (Lipinski definition) is 6. The molecule has 2 heterocycles. The smallest absolute Gasteiger partial charge is 0.406 e. The number of thiazole rings is 1. The van der Waals surface area contributed by atoms with Crippen LogP contribution in [0.3, 0.4) is 0 Å². The van der Waals surface area contributed by atoms with Gasteiger partial charge in [-0.3, -0.25) is 14.5 Å². The first-order chi connectivity index (χ1) is 14.1. The number of nitrogens with zero attached hydrogens (tertiary/aromatic N) is 3. The maximum atomic E-state index is 13.1. The molecule has 0 aliphatic carbocycles. The number of esters is 1. The van der Waals surface area contributed by atoms with E-state index in [-0.39, 0.29) is 24.4 Å². The summed E-state index contributed by atoms with van der Waals surface area (Å²) < 4.78 is 43.1. The number of carbonyl (C=O) groups excluding carboxylic acids is 3. The van der Waals surface area contributed by atoms with Crippen molar-refractivity contribution in [1.82, 2.24) is 9.88 Å². The summed E-state index contributed by atoms with van der Waals surface area (Å²) >= 11 is 1.01. The topological polar surface area (TPSA) is 79.8 Å². The lowest BCUT2D eigenvalue weighted by atomic mass is 10.1. The fraction of sp³-hybridized carbons (Fsp3) is 0.684. The number of rotatable bonds is 9. The highest BCUT2D eigenvalue weighted by molar-refractivity contribution is 7.17. The van der Waals surface area contributed by atoms with Crippen LogP contribution in [0.1, 0.15) is 54.9 Å². The minimum atomic E-state index is -4.52. The van der Waals surface area contributed by atoms with Gasteiger partial charge in [0, 0.05) is 19.5 Å². The van der Waals surface area contributed by atoms with Gasteiger partial charge in [0.05, 0.1) is 18.2 Å². The minimum absolute atomic E-state index is 0.198. The molecule has 30 heavy (non-hydrogen) atoms. The first kappa shape index (κ1) is 24.1. The molecule has 11 heteroatoms. The zero-order valence-electron chi connectivity index (χ0n) is 17.3. The molecule has 1 aromatic heterocycles. The maximum Gasteiger partial charge on any atom is 0.406 e. The van der Waals surface area contributed by atoms with Gasteiger partial charge in [0.25, 0.3) is 0 Å². The van der Waals surface area contributed by atoms with Gasteiger partial charge in [-0.1, -0.05) is 31.1 Å². The van der Waals surface area contributed by atoms with Gasteiger partial charge in [0.2, 0.25) is 11.8 Å². The van der Waals surface area contributed by atoms with Gasteiger partial charge in [-0.15, -0.1) is 0 Å². The van der Waals surface area contributed by atoms with Crippen LogP contribution in [0.25, 0.3) is 0 Å². The molecule has 1 aliphatic heterocycles. The second kappa shape index (κ2) is 10.2. The number of alkyl halides is 3. The fourth-order valence-corrected chi connectivity index (χ4v) is 4.22. The predicted molar refractivity (Wildman–Crippen MR) is 105 cm³/mol. The van der Waals surface area contributed by atoms with Crippen LogP contribution in [-0.2, 0) is 14.3 Å². The first-order valence-corrected chi connectivity index (χ1v) is 10.7. The van der Waals surface area contributed by atoms with Crippen molar-refractivity contribution >= 4 is 34.3 Å². The van der Waals surface area contributed by atoms with Crippen molar-refractivity contribution < 1.29 is 32.3 Å². The SMILES string of the molecule is CCCCCN(C(=O)C1CC(=O)N(CC(F)(F)F)C1)c1nc(C)c(C(=O)OCC)s1. The molecule has 1 aliphatic rings.